The first kappa shape index (κ1) is 16.2. The van der Waals surface area contributed by atoms with Gasteiger partial charge in [0.15, 0.2) is 0 Å². The van der Waals surface area contributed by atoms with Gasteiger partial charge in [0.2, 0.25) is 5.91 Å². The molecule has 0 aliphatic rings. The van der Waals surface area contributed by atoms with Gasteiger partial charge >= 0.3 is 0 Å². The summed E-state index contributed by atoms with van der Waals surface area (Å²) in [5, 5.41) is 1.15. The Morgan fingerprint density at radius 3 is 2.83 bits per heavy atom. The highest BCUT2D eigenvalue weighted by atomic mass is 35.5. The summed E-state index contributed by atoms with van der Waals surface area (Å²) < 4.78 is 1.12. The fourth-order valence-corrected chi connectivity index (χ4v) is 2.59. The zero-order valence-electron chi connectivity index (χ0n) is 13.1. The molecule has 24 heavy (non-hydrogen) atoms. The van der Waals surface area contributed by atoms with Gasteiger partial charge in [0.05, 0.1) is 10.9 Å². The van der Waals surface area contributed by atoms with Crippen molar-refractivity contribution in [1.29, 1.82) is 0 Å². The zero-order valence-corrected chi connectivity index (χ0v) is 13.9. The fourth-order valence-electron chi connectivity index (χ4n) is 2.39. The Bertz CT molecular complexity index is 966. The maximum atomic E-state index is 12.3. The minimum atomic E-state index is -0.299. The monoisotopic (exact) mass is 341 g/mol. The summed E-state index contributed by atoms with van der Waals surface area (Å²) >= 11 is 6.08. The number of rotatable bonds is 4. The van der Waals surface area contributed by atoms with Gasteiger partial charge in [0.25, 0.3) is 5.56 Å². The number of carbonyl (C=O) groups is 1. The fraction of sp³-hybridized carbons (Fsp3) is 0.167. The third-order valence-corrected chi connectivity index (χ3v) is 4.19. The van der Waals surface area contributed by atoms with Crippen LogP contribution in [0.1, 0.15) is 17.5 Å². The van der Waals surface area contributed by atoms with Crippen LogP contribution in [-0.2, 0) is 11.2 Å². The molecule has 1 amide bonds. The van der Waals surface area contributed by atoms with E-state index in [-0.39, 0.29) is 17.9 Å². The van der Waals surface area contributed by atoms with Crippen molar-refractivity contribution in [2.24, 2.45) is 0 Å². The van der Waals surface area contributed by atoms with E-state index in [0.717, 1.165) is 15.8 Å². The number of para-hydroxylation sites is 1. The lowest BCUT2D eigenvalue weighted by atomic mass is 10.1. The van der Waals surface area contributed by atoms with Gasteiger partial charge in [-0.05, 0) is 42.7 Å². The van der Waals surface area contributed by atoms with Crippen LogP contribution in [0.15, 0.2) is 53.6 Å². The second kappa shape index (κ2) is 6.84. The predicted molar refractivity (Wildman–Crippen MR) is 94.9 cm³/mol. The summed E-state index contributed by atoms with van der Waals surface area (Å²) in [6.07, 6.45) is 2.12. The number of halogens is 1. The summed E-state index contributed by atoms with van der Waals surface area (Å²) in [6.45, 7) is 1.93. The van der Waals surface area contributed by atoms with Crippen LogP contribution in [0.25, 0.3) is 10.9 Å². The molecule has 2 aromatic carbocycles. The largest absolute Gasteiger partial charge is 0.280 e. The molecule has 6 heteroatoms. The Morgan fingerprint density at radius 2 is 2.04 bits per heavy atom. The van der Waals surface area contributed by atoms with E-state index in [4.69, 9.17) is 11.6 Å². The molecule has 0 saturated heterocycles. The molecule has 3 aromatic rings. The summed E-state index contributed by atoms with van der Waals surface area (Å²) in [4.78, 5) is 28.6. The molecule has 0 fully saturated rings. The number of nitrogens with zero attached hydrogens (tertiary/aromatic N) is 2. The third kappa shape index (κ3) is 3.46. The zero-order chi connectivity index (χ0) is 17.1. The lowest BCUT2D eigenvalue weighted by Gasteiger charge is -2.09. The number of carbonyl (C=O) groups excluding carboxylic acids is 1. The molecular weight excluding hydrogens is 326 g/mol. The first-order chi connectivity index (χ1) is 11.5. The quantitative estimate of drug-likeness (QED) is 0.793. The minimum Gasteiger partial charge on any atom is -0.273 e. The Hall–Kier alpha value is -2.66. The lowest BCUT2D eigenvalue weighted by molar-refractivity contribution is -0.117. The van der Waals surface area contributed by atoms with E-state index in [1.54, 1.807) is 18.2 Å². The number of hydrogen-bond donors (Lipinski definition) is 1. The first-order valence-electron chi connectivity index (χ1n) is 7.56. The van der Waals surface area contributed by atoms with Crippen LogP contribution in [0.3, 0.4) is 0 Å². The Labute approximate surface area is 143 Å². The molecule has 0 aliphatic heterocycles. The summed E-state index contributed by atoms with van der Waals surface area (Å²) in [5.41, 5.74) is 4.84. The van der Waals surface area contributed by atoms with Crippen molar-refractivity contribution >= 4 is 28.4 Å². The molecule has 0 saturated carbocycles. The Kier molecular flexibility index (Phi) is 4.62. The Morgan fingerprint density at radius 1 is 1.25 bits per heavy atom. The predicted octanol–water partition coefficient (Wildman–Crippen LogP) is 3.06. The number of aromatic nitrogens is 2. The SMILES string of the molecule is Cc1ccc(CCC(=O)Nn2cnc3ccccc3c2=O)cc1Cl. The third-order valence-electron chi connectivity index (χ3n) is 3.79. The highest BCUT2D eigenvalue weighted by Gasteiger charge is 2.08. The van der Waals surface area contributed by atoms with Crippen LogP contribution >= 0.6 is 11.6 Å². The number of amides is 1. The molecule has 0 aliphatic carbocycles. The van der Waals surface area contributed by atoms with Gasteiger partial charge in [-0.15, -0.1) is 0 Å². The van der Waals surface area contributed by atoms with Gasteiger partial charge in [0, 0.05) is 11.4 Å². The molecule has 0 radical (unpaired) electrons. The normalized spacial score (nSPS) is 10.8. The highest BCUT2D eigenvalue weighted by molar-refractivity contribution is 6.31. The van der Waals surface area contributed by atoms with Gasteiger partial charge in [-0.3, -0.25) is 15.0 Å². The smallest absolute Gasteiger partial charge is 0.273 e. The number of hydrogen-bond acceptors (Lipinski definition) is 3. The molecule has 5 nitrogen and oxygen atoms in total. The number of fused-ring (bicyclic) bond motifs is 1. The standard InChI is InChI=1S/C18H16ClN3O2/c1-12-6-7-13(10-15(12)19)8-9-17(23)21-22-11-20-16-5-3-2-4-14(16)18(22)24/h2-7,10-11H,8-9H2,1H3,(H,21,23). The molecule has 1 N–H and O–H groups in total. The number of aryl methyl sites for hydroxylation is 2. The van der Waals surface area contributed by atoms with Gasteiger partial charge in [-0.25, -0.2) is 9.66 Å². The molecule has 0 bridgehead atoms. The van der Waals surface area contributed by atoms with Crippen molar-refractivity contribution in [3.05, 3.63) is 75.3 Å². The molecule has 0 atom stereocenters. The van der Waals surface area contributed by atoms with Crippen LogP contribution in [0.4, 0.5) is 0 Å². The van der Waals surface area contributed by atoms with E-state index in [0.29, 0.717) is 22.3 Å². The van der Waals surface area contributed by atoms with E-state index >= 15 is 0 Å². The summed E-state index contributed by atoms with van der Waals surface area (Å²) in [6, 6.07) is 12.7. The second-order valence-electron chi connectivity index (χ2n) is 5.56. The van der Waals surface area contributed by atoms with E-state index in [1.165, 1.54) is 6.33 Å². The van der Waals surface area contributed by atoms with Crippen molar-refractivity contribution in [3.63, 3.8) is 0 Å². The highest BCUT2D eigenvalue weighted by Crippen LogP contribution is 2.17. The minimum absolute atomic E-state index is 0.249. The summed E-state index contributed by atoms with van der Waals surface area (Å²) in [7, 11) is 0. The van der Waals surface area contributed by atoms with E-state index in [1.807, 2.05) is 31.2 Å². The molecule has 122 valence electrons. The van der Waals surface area contributed by atoms with Crippen LogP contribution in [0.2, 0.25) is 5.02 Å². The van der Waals surface area contributed by atoms with Crippen LogP contribution < -0.4 is 11.0 Å². The van der Waals surface area contributed by atoms with Crippen molar-refractivity contribution in [2.45, 2.75) is 19.8 Å². The topological polar surface area (TPSA) is 64.0 Å². The molecule has 0 spiro atoms. The maximum absolute atomic E-state index is 12.3. The molecule has 1 aromatic heterocycles. The molecule has 0 unspecified atom stereocenters. The van der Waals surface area contributed by atoms with E-state index < -0.39 is 0 Å². The van der Waals surface area contributed by atoms with Gasteiger partial charge in [-0.2, -0.15) is 0 Å². The average Bonchev–Trinajstić information content (AvgIpc) is 2.59. The van der Waals surface area contributed by atoms with Crippen LogP contribution in [0, 0.1) is 6.92 Å². The molecular formula is C18H16ClN3O2. The molecule has 1 heterocycles. The first-order valence-corrected chi connectivity index (χ1v) is 7.93. The summed E-state index contributed by atoms with van der Waals surface area (Å²) in [5.74, 6) is -0.258. The van der Waals surface area contributed by atoms with Crippen molar-refractivity contribution < 1.29 is 4.79 Å². The van der Waals surface area contributed by atoms with Gasteiger partial charge in [0.1, 0.15) is 6.33 Å². The maximum Gasteiger partial charge on any atom is 0.280 e. The number of nitrogens with one attached hydrogen (secondary N) is 1. The Balaban J connectivity index is 1.70. The second-order valence-corrected chi connectivity index (χ2v) is 5.96. The van der Waals surface area contributed by atoms with Gasteiger partial charge < -0.3 is 0 Å². The average molecular weight is 342 g/mol. The van der Waals surface area contributed by atoms with Crippen molar-refractivity contribution in [1.82, 2.24) is 9.66 Å². The van der Waals surface area contributed by atoms with E-state index in [2.05, 4.69) is 10.4 Å². The van der Waals surface area contributed by atoms with Crippen LogP contribution in [0.5, 0.6) is 0 Å². The van der Waals surface area contributed by atoms with Crippen molar-refractivity contribution in [3.8, 4) is 0 Å². The van der Waals surface area contributed by atoms with Crippen molar-refractivity contribution in [2.75, 3.05) is 5.43 Å². The lowest BCUT2D eigenvalue weighted by Crippen LogP contribution is -2.33. The molecule has 3 rings (SSSR count). The number of benzene rings is 2. The van der Waals surface area contributed by atoms with E-state index in [9.17, 15) is 9.59 Å². The van der Waals surface area contributed by atoms with Crippen LogP contribution in [-0.4, -0.2) is 15.6 Å². The van der Waals surface area contributed by atoms with Gasteiger partial charge in [-0.1, -0.05) is 35.9 Å².